The summed E-state index contributed by atoms with van der Waals surface area (Å²) in [7, 11) is 1.62. The maximum Gasteiger partial charge on any atom is 0.157 e. The molecule has 5 rings (SSSR count). The Morgan fingerprint density at radius 2 is 2.10 bits per heavy atom. The topological polar surface area (TPSA) is 76.4 Å². The van der Waals surface area contributed by atoms with E-state index in [4.69, 9.17) is 9.84 Å². The van der Waals surface area contributed by atoms with Gasteiger partial charge in [-0.3, -0.25) is 0 Å². The molecule has 0 radical (unpaired) electrons. The van der Waals surface area contributed by atoms with E-state index in [0.717, 1.165) is 18.5 Å². The highest BCUT2D eigenvalue weighted by Gasteiger charge is 2.30. The standard InChI is InChI=1S/C20H22F2N6O/c1-29-17-8-19-24-10-16(28(19)27-20(17)11-2-3-11)14-6-12(21)7-18(25-14)26-15-9-23-5-4-13(15)22/h6-8,10-11,13,15,23H,2-5,9H2,1H3,(H,25,26)/t13-,15-/m0/s1. The van der Waals surface area contributed by atoms with Crippen LogP contribution in [-0.2, 0) is 0 Å². The number of rotatable bonds is 5. The number of nitrogens with zero attached hydrogens (tertiary/aromatic N) is 4. The summed E-state index contributed by atoms with van der Waals surface area (Å²) in [5.74, 6) is 0.929. The first-order chi connectivity index (χ1) is 14.1. The summed E-state index contributed by atoms with van der Waals surface area (Å²) in [5, 5.41) is 10.9. The molecule has 0 unspecified atom stereocenters. The predicted molar refractivity (Wildman–Crippen MR) is 104 cm³/mol. The van der Waals surface area contributed by atoms with Gasteiger partial charge in [0.05, 0.1) is 25.0 Å². The second-order valence-corrected chi connectivity index (χ2v) is 7.60. The molecule has 3 aromatic rings. The van der Waals surface area contributed by atoms with E-state index in [1.165, 1.54) is 12.1 Å². The molecular weight excluding hydrogens is 378 g/mol. The van der Waals surface area contributed by atoms with E-state index in [9.17, 15) is 8.78 Å². The van der Waals surface area contributed by atoms with Crippen molar-refractivity contribution in [1.82, 2.24) is 24.9 Å². The minimum atomic E-state index is -1.00. The summed E-state index contributed by atoms with van der Waals surface area (Å²) >= 11 is 0. The Bertz CT molecular complexity index is 1050. The molecule has 29 heavy (non-hydrogen) atoms. The lowest BCUT2D eigenvalue weighted by atomic mass is 10.1. The minimum Gasteiger partial charge on any atom is -0.495 e. The molecule has 1 saturated carbocycles. The Hall–Kier alpha value is -2.81. The van der Waals surface area contributed by atoms with Crippen molar-refractivity contribution >= 4 is 11.5 Å². The maximum absolute atomic E-state index is 14.3. The second-order valence-electron chi connectivity index (χ2n) is 7.60. The number of fused-ring (bicyclic) bond motifs is 1. The van der Waals surface area contributed by atoms with E-state index in [1.54, 1.807) is 17.8 Å². The van der Waals surface area contributed by atoms with Crippen LogP contribution in [0.3, 0.4) is 0 Å². The van der Waals surface area contributed by atoms with Gasteiger partial charge in [0.2, 0.25) is 0 Å². The van der Waals surface area contributed by atoms with Gasteiger partial charge in [0, 0.05) is 30.7 Å². The van der Waals surface area contributed by atoms with Crippen molar-refractivity contribution in [3.05, 3.63) is 35.9 Å². The van der Waals surface area contributed by atoms with Crippen LogP contribution in [0, 0.1) is 5.82 Å². The zero-order chi connectivity index (χ0) is 20.0. The lowest BCUT2D eigenvalue weighted by molar-refractivity contribution is 0.241. The number of aromatic nitrogens is 4. The number of halogens is 2. The third-order valence-electron chi connectivity index (χ3n) is 5.45. The van der Waals surface area contributed by atoms with E-state index in [1.807, 2.05) is 6.07 Å². The van der Waals surface area contributed by atoms with E-state index in [0.29, 0.717) is 54.0 Å². The fourth-order valence-corrected chi connectivity index (χ4v) is 3.75. The Balaban J connectivity index is 1.52. The summed E-state index contributed by atoms with van der Waals surface area (Å²) in [6, 6.07) is 4.00. The zero-order valence-corrected chi connectivity index (χ0v) is 16.0. The van der Waals surface area contributed by atoms with Crippen LogP contribution in [0.5, 0.6) is 5.75 Å². The molecular formula is C20H22F2N6O. The number of nitrogens with one attached hydrogen (secondary N) is 2. The van der Waals surface area contributed by atoms with Gasteiger partial charge in [-0.1, -0.05) is 0 Å². The van der Waals surface area contributed by atoms with Crippen LogP contribution in [0.25, 0.3) is 17.0 Å². The van der Waals surface area contributed by atoms with Crippen LogP contribution < -0.4 is 15.4 Å². The first-order valence-electron chi connectivity index (χ1n) is 9.84. The number of alkyl halides is 1. The Kier molecular flexibility index (Phi) is 4.54. The Morgan fingerprint density at radius 3 is 2.86 bits per heavy atom. The quantitative estimate of drug-likeness (QED) is 0.686. The third kappa shape index (κ3) is 3.50. The number of imidazole rings is 1. The largest absolute Gasteiger partial charge is 0.495 e. The van der Waals surface area contributed by atoms with Gasteiger partial charge in [-0.25, -0.2) is 23.3 Å². The molecule has 2 aliphatic rings. The molecule has 152 valence electrons. The number of anilines is 1. The fourth-order valence-electron chi connectivity index (χ4n) is 3.75. The van der Waals surface area contributed by atoms with Crippen molar-refractivity contribution < 1.29 is 13.5 Å². The van der Waals surface area contributed by atoms with Crippen LogP contribution in [-0.4, -0.2) is 52.0 Å². The van der Waals surface area contributed by atoms with Crippen molar-refractivity contribution in [2.75, 3.05) is 25.5 Å². The average Bonchev–Trinajstić information content (AvgIpc) is 3.48. The van der Waals surface area contributed by atoms with Crippen molar-refractivity contribution in [2.45, 2.75) is 37.4 Å². The lowest BCUT2D eigenvalue weighted by Crippen LogP contribution is -2.46. The van der Waals surface area contributed by atoms with E-state index < -0.39 is 18.0 Å². The number of ether oxygens (including phenoxy) is 1. The molecule has 0 aromatic carbocycles. The molecule has 0 bridgehead atoms. The molecule has 1 saturated heterocycles. The van der Waals surface area contributed by atoms with Crippen LogP contribution in [0.2, 0.25) is 0 Å². The number of hydrogen-bond donors (Lipinski definition) is 2. The van der Waals surface area contributed by atoms with Crippen molar-refractivity contribution in [3.8, 4) is 17.1 Å². The van der Waals surface area contributed by atoms with Gasteiger partial charge in [0.15, 0.2) is 5.65 Å². The van der Waals surface area contributed by atoms with Crippen molar-refractivity contribution in [3.63, 3.8) is 0 Å². The molecule has 1 aliphatic heterocycles. The van der Waals surface area contributed by atoms with Crippen LogP contribution in [0.4, 0.5) is 14.6 Å². The Labute approximate surface area is 166 Å². The predicted octanol–water partition coefficient (Wildman–Crippen LogP) is 2.93. The van der Waals surface area contributed by atoms with Gasteiger partial charge in [-0.05, 0) is 25.8 Å². The van der Waals surface area contributed by atoms with Crippen molar-refractivity contribution in [2.24, 2.45) is 0 Å². The third-order valence-corrected chi connectivity index (χ3v) is 5.45. The first kappa shape index (κ1) is 18.2. The molecule has 0 spiro atoms. The van der Waals surface area contributed by atoms with Gasteiger partial charge < -0.3 is 15.4 Å². The molecule has 2 fully saturated rings. The summed E-state index contributed by atoms with van der Waals surface area (Å²) in [5.41, 5.74) is 2.44. The highest BCUT2D eigenvalue weighted by Crippen LogP contribution is 2.43. The summed E-state index contributed by atoms with van der Waals surface area (Å²) in [6.07, 6.45) is 3.18. The second kappa shape index (κ2) is 7.22. The number of piperidine rings is 1. The fraction of sp³-hybridized carbons (Fsp3) is 0.450. The van der Waals surface area contributed by atoms with Crippen LogP contribution >= 0.6 is 0 Å². The van der Waals surface area contributed by atoms with E-state index in [2.05, 4.69) is 20.6 Å². The molecule has 9 heteroatoms. The number of methoxy groups -OCH3 is 1. The number of hydrogen-bond acceptors (Lipinski definition) is 6. The highest BCUT2D eigenvalue weighted by molar-refractivity contribution is 5.62. The average molecular weight is 400 g/mol. The SMILES string of the molecule is COc1cc2ncc(-c3cc(F)cc(N[C@H]4CNCC[C@@H]4F)n3)n2nc1C1CC1. The van der Waals surface area contributed by atoms with E-state index in [-0.39, 0.29) is 0 Å². The summed E-state index contributed by atoms with van der Waals surface area (Å²) in [6.45, 7) is 1.11. The van der Waals surface area contributed by atoms with Crippen LogP contribution in [0.1, 0.15) is 30.9 Å². The van der Waals surface area contributed by atoms with Gasteiger partial charge in [0.25, 0.3) is 0 Å². The summed E-state index contributed by atoms with van der Waals surface area (Å²) in [4.78, 5) is 8.89. The maximum atomic E-state index is 14.3. The molecule has 1 aliphatic carbocycles. The minimum absolute atomic E-state index is 0.294. The molecule has 4 heterocycles. The van der Waals surface area contributed by atoms with Crippen molar-refractivity contribution in [1.29, 1.82) is 0 Å². The van der Waals surface area contributed by atoms with Gasteiger partial charge in [-0.15, -0.1) is 0 Å². The van der Waals surface area contributed by atoms with Gasteiger partial charge in [0.1, 0.15) is 34.9 Å². The van der Waals surface area contributed by atoms with Crippen LogP contribution in [0.15, 0.2) is 24.4 Å². The van der Waals surface area contributed by atoms with E-state index >= 15 is 0 Å². The molecule has 2 N–H and O–H groups in total. The lowest BCUT2D eigenvalue weighted by Gasteiger charge is -2.28. The van der Waals surface area contributed by atoms with Gasteiger partial charge in [-0.2, -0.15) is 5.10 Å². The summed E-state index contributed by atoms with van der Waals surface area (Å²) < 4.78 is 35.6. The molecule has 0 amide bonds. The normalized spacial score (nSPS) is 22.0. The monoisotopic (exact) mass is 400 g/mol. The van der Waals surface area contributed by atoms with Gasteiger partial charge >= 0.3 is 0 Å². The highest BCUT2D eigenvalue weighted by atomic mass is 19.1. The smallest absolute Gasteiger partial charge is 0.157 e. The number of pyridine rings is 1. The molecule has 3 aromatic heterocycles. The zero-order valence-electron chi connectivity index (χ0n) is 16.0. The molecule has 2 atom stereocenters. The Morgan fingerprint density at radius 1 is 1.24 bits per heavy atom. The first-order valence-corrected chi connectivity index (χ1v) is 9.84. The molecule has 7 nitrogen and oxygen atoms in total.